The number of rotatable bonds is 6. The molecule has 0 unspecified atom stereocenters. The van der Waals surface area contributed by atoms with Gasteiger partial charge in [-0.15, -0.1) is 10.2 Å². The highest BCUT2D eigenvalue weighted by molar-refractivity contribution is 8.01. The van der Waals surface area contributed by atoms with E-state index < -0.39 is 0 Å². The van der Waals surface area contributed by atoms with Crippen molar-refractivity contribution in [2.24, 2.45) is 0 Å². The van der Waals surface area contributed by atoms with Crippen LogP contribution in [0, 0.1) is 0 Å². The first-order chi connectivity index (χ1) is 11.7. The molecule has 6 nitrogen and oxygen atoms in total. The standard InChI is InChI=1S/C15H17ClN4O2S2/c1-22-12-5-4-10(16)8-11(12)17-13(21)9-23-15-19-18-14(24-15)20-6-2-3-7-20/h4-5,8H,2-3,6-7,9H2,1H3,(H,17,21). The summed E-state index contributed by atoms with van der Waals surface area (Å²) in [5.41, 5.74) is 0.561. The number of nitrogens with one attached hydrogen (secondary N) is 1. The predicted octanol–water partition coefficient (Wildman–Crippen LogP) is 3.53. The molecule has 1 N–H and O–H groups in total. The van der Waals surface area contributed by atoms with Crippen molar-refractivity contribution in [3.05, 3.63) is 23.2 Å². The molecule has 1 amide bonds. The van der Waals surface area contributed by atoms with E-state index in [4.69, 9.17) is 16.3 Å². The van der Waals surface area contributed by atoms with E-state index in [0.717, 1.165) is 22.6 Å². The molecule has 0 aliphatic carbocycles. The van der Waals surface area contributed by atoms with Gasteiger partial charge in [0.1, 0.15) is 5.75 Å². The molecule has 1 fully saturated rings. The zero-order valence-electron chi connectivity index (χ0n) is 13.1. The van der Waals surface area contributed by atoms with Crippen molar-refractivity contribution in [3.8, 4) is 5.75 Å². The van der Waals surface area contributed by atoms with Gasteiger partial charge in [0.15, 0.2) is 4.34 Å². The van der Waals surface area contributed by atoms with E-state index in [1.807, 2.05) is 0 Å². The molecule has 1 saturated heterocycles. The van der Waals surface area contributed by atoms with Crippen molar-refractivity contribution in [2.45, 2.75) is 17.2 Å². The average molecular weight is 385 g/mol. The van der Waals surface area contributed by atoms with E-state index in [1.165, 1.54) is 35.9 Å². The third-order valence-electron chi connectivity index (χ3n) is 3.53. The van der Waals surface area contributed by atoms with Crippen LogP contribution in [0.25, 0.3) is 0 Å². The predicted molar refractivity (Wildman–Crippen MR) is 98.7 cm³/mol. The summed E-state index contributed by atoms with van der Waals surface area (Å²) in [6, 6.07) is 5.10. The average Bonchev–Trinajstić information content (AvgIpc) is 3.24. The summed E-state index contributed by atoms with van der Waals surface area (Å²) in [7, 11) is 1.55. The van der Waals surface area contributed by atoms with Crippen molar-refractivity contribution in [3.63, 3.8) is 0 Å². The Kier molecular flexibility index (Phi) is 5.80. The van der Waals surface area contributed by atoms with Crippen molar-refractivity contribution in [1.82, 2.24) is 10.2 Å². The summed E-state index contributed by atoms with van der Waals surface area (Å²) in [4.78, 5) is 14.4. The number of carbonyl (C=O) groups excluding carboxylic acids is 1. The summed E-state index contributed by atoms with van der Waals surface area (Å²) in [6.07, 6.45) is 2.40. The fourth-order valence-electron chi connectivity index (χ4n) is 2.39. The highest BCUT2D eigenvalue weighted by Gasteiger charge is 2.17. The lowest BCUT2D eigenvalue weighted by atomic mass is 10.3. The third kappa shape index (κ3) is 4.31. The molecule has 2 aromatic rings. The second kappa shape index (κ2) is 8.04. The van der Waals surface area contributed by atoms with Crippen molar-refractivity contribution >= 4 is 51.4 Å². The monoisotopic (exact) mass is 384 g/mol. The quantitative estimate of drug-likeness (QED) is 0.768. The largest absolute Gasteiger partial charge is 0.495 e. The van der Waals surface area contributed by atoms with E-state index in [1.54, 1.807) is 25.3 Å². The number of carbonyl (C=O) groups is 1. The van der Waals surface area contributed by atoms with Gasteiger partial charge < -0.3 is 15.0 Å². The molecule has 1 aromatic carbocycles. The van der Waals surface area contributed by atoms with Gasteiger partial charge in [-0.1, -0.05) is 34.7 Å². The van der Waals surface area contributed by atoms with Gasteiger partial charge in [-0.3, -0.25) is 4.79 Å². The van der Waals surface area contributed by atoms with Gasteiger partial charge in [-0.2, -0.15) is 0 Å². The fourth-order valence-corrected chi connectivity index (χ4v) is 4.25. The van der Waals surface area contributed by atoms with Crippen molar-refractivity contribution in [2.75, 3.05) is 36.2 Å². The lowest BCUT2D eigenvalue weighted by Gasteiger charge is -2.11. The van der Waals surface area contributed by atoms with Crippen LogP contribution in [0.3, 0.4) is 0 Å². The molecule has 128 valence electrons. The SMILES string of the molecule is COc1ccc(Cl)cc1NC(=O)CSc1nnc(N2CCCC2)s1. The summed E-state index contributed by atoms with van der Waals surface area (Å²) in [6.45, 7) is 2.07. The molecule has 0 saturated carbocycles. The lowest BCUT2D eigenvalue weighted by Crippen LogP contribution is -2.17. The maximum atomic E-state index is 12.1. The van der Waals surface area contributed by atoms with E-state index in [0.29, 0.717) is 16.5 Å². The molecule has 0 spiro atoms. The Labute approximate surface area is 153 Å². The number of ether oxygens (including phenoxy) is 1. The first-order valence-electron chi connectivity index (χ1n) is 7.50. The Hall–Kier alpha value is -1.51. The minimum absolute atomic E-state index is 0.140. The maximum absolute atomic E-state index is 12.1. The lowest BCUT2D eigenvalue weighted by molar-refractivity contribution is -0.113. The molecular weight excluding hydrogens is 368 g/mol. The van der Waals surface area contributed by atoms with Gasteiger partial charge in [0.05, 0.1) is 18.6 Å². The molecule has 0 atom stereocenters. The molecular formula is C15H17ClN4O2S2. The van der Waals surface area contributed by atoms with Crippen LogP contribution in [-0.2, 0) is 4.79 Å². The van der Waals surface area contributed by atoms with Gasteiger partial charge in [-0.25, -0.2) is 0 Å². The fraction of sp³-hybridized carbons (Fsp3) is 0.400. The van der Waals surface area contributed by atoms with Crippen molar-refractivity contribution < 1.29 is 9.53 Å². The van der Waals surface area contributed by atoms with Gasteiger partial charge in [0.2, 0.25) is 11.0 Å². The van der Waals surface area contributed by atoms with E-state index >= 15 is 0 Å². The molecule has 2 heterocycles. The van der Waals surface area contributed by atoms with E-state index in [-0.39, 0.29) is 11.7 Å². The molecule has 24 heavy (non-hydrogen) atoms. The Balaban J connectivity index is 1.55. The first kappa shape index (κ1) is 17.3. The Morgan fingerprint density at radius 2 is 2.21 bits per heavy atom. The molecule has 9 heteroatoms. The van der Waals surface area contributed by atoms with Crippen LogP contribution < -0.4 is 15.0 Å². The van der Waals surface area contributed by atoms with Crippen molar-refractivity contribution in [1.29, 1.82) is 0 Å². The number of amides is 1. The number of hydrogen-bond acceptors (Lipinski definition) is 7. The normalized spacial score (nSPS) is 14.0. The smallest absolute Gasteiger partial charge is 0.234 e. The van der Waals surface area contributed by atoms with Crippen LogP contribution in [0.1, 0.15) is 12.8 Å². The zero-order valence-corrected chi connectivity index (χ0v) is 15.5. The summed E-state index contributed by atoms with van der Waals surface area (Å²) in [5, 5.41) is 12.6. The number of nitrogens with zero attached hydrogens (tertiary/aromatic N) is 3. The van der Waals surface area contributed by atoms with Gasteiger partial charge in [0.25, 0.3) is 0 Å². The highest BCUT2D eigenvalue weighted by Crippen LogP contribution is 2.31. The number of halogens is 1. The number of thioether (sulfide) groups is 1. The summed E-state index contributed by atoms with van der Waals surface area (Å²) >= 11 is 8.87. The van der Waals surface area contributed by atoms with Crippen LogP contribution in [0.15, 0.2) is 22.5 Å². The van der Waals surface area contributed by atoms with Crippen LogP contribution in [0.4, 0.5) is 10.8 Å². The van der Waals surface area contributed by atoms with E-state index in [2.05, 4.69) is 20.4 Å². The second-order valence-electron chi connectivity index (χ2n) is 5.23. The number of methoxy groups -OCH3 is 1. The Bertz CT molecular complexity index is 719. The molecule has 1 aliphatic heterocycles. The third-order valence-corrected chi connectivity index (χ3v) is 5.89. The van der Waals surface area contributed by atoms with E-state index in [9.17, 15) is 4.79 Å². The first-order valence-corrected chi connectivity index (χ1v) is 9.68. The molecule has 0 radical (unpaired) electrons. The van der Waals surface area contributed by atoms with Gasteiger partial charge in [0, 0.05) is 18.1 Å². The molecule has 1 aliphatic rings. The number of anilines is 2. The second-order valence-corrected chi connectivity index (χ2v) is 7.84. The minimum atomic E-state index is -0.140. The minimum Gasteiger partial charge on any atom is -0.495 e. The van der Waals surface area contributed by atoms with Crippen LogP contribution in [0.2, 0.25) is 5.02 Å². The zero-order chi connectivity index (χ0) is 16.9. The van der Waals surface area contributed by atoms with Crippen LogP contribution in [-0.4, -0.2) is 42.1 Å². The van der Waals surface area contributed by atoms with Gasteiger partial charge in [-0.05, 0) is 31.0 Å². The molecule has 1 aromatic heterocycles. The van der Waals surface area contributed by atoms with Crippen LogP contribution in [0.5, 0.6) is 5.75 Å². The summed E-state index contributed by atoms with van der Waals surface area (Å²) < 4.78 is 6.01. The topological polar surface area (TPSA) is 67.3 Å². The summed E-state index contributed by atoms with van der Waals surface area (Å²) in [5.74, 6) is 0.688. The molecule has 3 rings (SSSR count). The Morgan fingerprint density at radius 1 is 1.42 bits per heavy atom. The maximum Gasteiger partial charge on any atom is 0.234 e. The number of aromatic nitrogens is 2. The van der Waals surface area contributed by atoms with Crippen LogP contribution >= 0.6 is 34.7 Å². The number of hydrogen-bond donors (Lipinski definition) is 1. The number of benzene rings is 1. The van der Waals surface area contributed by atoms with Gasteiger partial charge >= 0.3 is 0 Å². The highest BCUT2D eigenvalue weighted by atomic mass is 35.5. The molecule has 0 bridgehead atoms. The Morgan fingerprint density at radius 3 is 2.96 bits per heavy atom.